The van der Waals surface area contributed by atoms with Gasteiger partial charge in [0.15, 0.2) is 0 Å². The van der Waals surface area contributed by atoms with E-state index in [0.717, 1.165) is 6.42 Å². The van der Waals surface area contributed by atoms with Crippen molar-refractivity contribution in [2.75, 3.05) is 5.75 Å². The number of rotatable bonds is 2. The van der Waals surface area contributed by atoms with Gasteiger partial charge in [-0.05, 0) is 47.3 Å². The summed E-state index contributed by atoms with van der Waals surface area (Å²) < 4.78 is 32.7. The number of benzene rings is 1. The molecule has 0 N–H and O–H groups in total. The second kappa shape index (κ2) is 8.46. The topological polar surface area (TPSA) is 74.3 Å². The van der Waals surface area contributed by atoms with Gasteiger partial charge in [-0.15, -0.1) is 0 Å². The molecule has 0 aliphatic heterocycles. The quantitative estimate of drug-likeness (QED) is 0.295. The minimum atomic E-state index is -4.33. The first kappa shape index (κ1) is 25.1. The predicted molar refractivity (Wildman–Crippen MR) is 115 cm³/mol. The van der Waals surface area contributed by atoms with E-state index in [1.54, 1.807) is 0 Å². The summed E-state index contributed by atoms with van der Waals surface area (Å²) in [5.41, 5.74) is 0.476. The number of fused-ring (bicyclic) bond motifs is 2. The maximum Gasteiger partial charge on any atom is 0.140 e. The summed E-state index contributed by atoms with van der Waals surface area (Å²) in [7, 11) is -2.40. The number of ketones is 1. The summed E-state index contributed by atoms with van der Waals surface area (Å²) in [6.45, 7) is 10.5. The Morgan fingerprint density at radius 2 is 1.70 bits per heavy atom. The monoisotopic (exact) mass is 607 g/mol. The number of hydrogen-bond donors (Lipinski definition) is 0. The normalized spacial score (nSPS) is 26.3. The van der Waals surface area contributed by atoms with Crippen LogP contribution in [0.4, 0.5) is 0 Å². The van der Waals surface area contributed by atoms with Crippen molar-refractivity contribution >= 4 is 56.6 Å². The van der Waals surface area contributed by atoms with Crippen LogP contribution in [0.2, 0.25) is 0 Å². The molecular formula is C20H31BiO4PS. The van der Waals surface area contributed by atoms with Gasteiger partial charge in [-0.25, -0.2) is 8.42 Å². The number of Topliss-reactive ketones (excluding diaryl/α,β-unsaturated/α-hetero) is 1. The molecule has 4 nitrogen and oxygen atoms in total. The molecule has 0 saturated heterocycles. The Kier molecular flexibility index (Phi) is 7.88. The first-order chi connectivity index (χ1) is 11.7. The minimum absolute atomic E-state index is 0. The Bertz CT molecular complexity index is 781. The van der Waals surface area contributed by atoms with Crippen molar-refractivity contribution in [3.63, 3.8) is 0 Å². The van der Waals surface area contributed by atoms with E-state index < -0.39 is 21.3 Å². The Morgan fingerprint density at radius 3 is 2.04 bits per heavy atom. The van der Waals surface area contributed by atoms with Crippen molar-refractivity contribution < 1.29 is 17.8 Å². The van der Waals surface area contributed by atoms with E-state index in [1.165, 1.54) is 10.9 Å². The predicted octanol–water partition coefficient (Wildman–Crippen LogP) is 2.76. The molecular weight excluding hydrogens is 576 g/mol. The molecule has 0 spiro atoms. The van der Waals surface area contributed by atoms with Gasteiger partial charge in [-0.3, -0.25) is 4.79 Å². The van der Waals surface area contributed by atoms with Crippen molar-refractivity contribution in [3.8, 4) is 0 Å². The molecule has 2 bridgehead atoms. The SMILES string of the molecule is CC(C)(C)c1ccc([PH3+])cc1.CC1(C)C2CCC1(CS(=O)(=O)[O-])C(=O)C2.[Bi]. The van der Waals surface area contributed by atoms with Crippen LogP contribution < -0.4 is 5.30 Å². The molecule has 0 aromatic heterocycles. The van der Waals surface area contributed by atoms with Crippen LogP contribution in [0.15, 0.2) is 24.3 Å². The number of hydrogen-bond acceptors (Lipinski definition) is 4. The van der Waals surface area contributed by atoms with E-state index in [-0.39, 0.29) is 48.7 Å². The molecule has 3 rings (SSSR count). The van der Waals surface area contributed by atoms with Crippen LogP contribution >= 0.6 is 9.24 Å². The molecule has 2 aliphatic rings. The van der Waals surface area contributed by atoms with Gasteiger partial charge in [0, 0.05) is 47.3 Å². The number of carbonyl (C=O) groups excluding carboxylic acids is 1. The third-order valence-electron chi connectivity index (χ3n) is 6.38. The summed E-state index contributed by atoms with van der Waals surface area (Å²) in [6, 6.07) is 8.78. The molecule has 1 aromatic rings. The average Bonchev–Trinajstić information content (AvgIpc) is 2.79. The van der Waals surface area contributed by atoms with Crippen molar-refractivity contribution in [3.05, 3.63) is 29.8 Å². The van der Waals surface area contributed by atoms with Gasteiger partial charge in [0.1, 0.15) is 5.78 Å². The maximum absolute atomic E-state index is 11.8. The van der Waals surface area contributed by atoms with Crippen LogP contribution in [0.5, 0.6) is 0 Å². The smallest absolute Gasteiger partial charge is 0.140 e. The summed E-state index contributed by atoms with van der Waals surface area (Å²) >= 11 is 0. The zero-order chi connectivity index (χ0) is 20.0. The van der Waals surface area contributed by atoms with Crippen molar-refractivity contribution in [2.45, 2.75) is 59.3 Å². The molecule has 2 saturated carbocycles. The van der Waals surface area contributed by atoms with E-state index in [2.05, 4.69) is 45.0 Å². The van der Waals surface area contributed by atoms with Crippen LogP contribution in [0, 0.1) is 16.7 Å². The molecule has 2 fully saturated rings. The van der Waals surface area contributed by atoms with E-state index >= 15 is 0 Å². The molecule has 3 unspecified atom stereocenters. The second-order valence-corrected chi connectivity index (χ2v) is 11.5. The van der Waals surface area contributed by atoms with Gasteiger partial charge in [0.2, 0.25) is 0 Å². The van der Waals surface area contributed by atoms with Crippen LogP contribution in [-0.2, 0) is 20.3 Å². The second-order valence-electron chi connectivity index (χ2n) is 9.32. The molecule has 151 valence electrons. The minimum Gasteiger partial charge on any atom is -0.748 e. The Morgan fingerprint density at radius 1 is 1.19 bits per heavy atom. The molecule has 3 atom stereocenters. The van der Waals surface area contributed by atoms with Gasteiger partial charge in [-0.2, -0.15) is 0 Å². The fourth-order valence-corrected chi connectivity index (χ4v) is 5.93. The van der Waals surface area contributed by atoms with Crippen molar-refractivity contribution in [1.82, 2.24) is 0 Å². The Labute approximate surface area is 185 Å². The number of carbonyl (C=O) groups is 1. The van der Waals surface area contributed by atoms with Gasteiger partial charge < -0.3 is 4.55 Å². The summed E-state index contributed by atoms with van der Waals surface area (Å²) in [4.78, 5) is 11.8. The van der Waals surface area contributed by atoms with Gasteiger partial charge in [0.25, 0.3) is 0 Å². The summed E-state index contributed by atoms with van der Waals surface area (Å²) in [5, 5.41) is 1.36. The van der Waals surface area contributed by atoms with Crippen LogP contribution in [0.1, 0.15) is 59.4 Å². The zero-order valence-electron chi connectivity index (χ0n) is 16.9. The largest absolute Gasteiger partial charge is 0.748 e. The van der Waals surface area contributed by atoms with Crippen LogP contribution in [-0.4, -0.2) is 50.7 Å². The first-order valence-corrected chi connectivity index (χ1v) is 11.4. The van der Waals surface area contributed by atoms with E-state index in [4.69, 9.17) is 0 Å². The Hall–Kier alpha value is 0.113. The zero-order valence-corrected chi connectivity index (χ0v) is 22.6. The molecule has 27 heavy (non-hydrogen) atoms. The molecule has 1 aromatic carbocycles. The molecule has 0 heterocycles. The fraction of sp³-hybridized carbons (Fsp3) is 0.650. The molecule has 7 heteroatoms. The third-order valence-corrected chi connectivity index (χ3v) is 7.70. The summed E-state index contributed by atoms with van der Waals surface area (Å²) in [5.74, 6) is -0.280. The Balaban J connectivity index is 0.000000273. The van der Waals surface area contributed by atoms with Crippen molar-refractivity contribution in [1.29, 1.82) is 0 Å². The molecule has 2 aliphatic carbocycles. The third kappa shape index (κ3) is 5.38. The standard InChI is InChI=1S/C10H16O4S.C10H15P.Bi/c1-9(2)7-3-4-10(9,8(11)5-7)6-15(12,13)14;1-10(2,3)8-4-6-9(11)7-5-8;/h7H,3-6H2,1-2H3,(H,12,13,14);4-7H,11H2,1-3H3;. The fourth-order valence-electron chi connectivity index (χ4n) is 4.41. The average molecular weight is 607 g/mol. The van der Waals surface area contributed by atoms with Crippen molar-refractivity contribution in [2.24, 2.45) is 16.7 Å². The molecule has 0 amide bonds. The van der Waals surface area contributed by atoms with Gasteiger partial charge in [-0.1, -0.05) is 46.8 Å². The van der Waals surface area contributed by atoms with Crippen LogP contribution in [0.3, 0.4) is 0 Å². The van der Waals surface area contributed by atoms with E-state index in [1.807, 2.05) is 23.1 Å². The molecule has 3 radical (unpaired) electrons. The summed E-state index contributed by atoms with van der Waals surface area (Å²) in [6.07, 6.45) is 1.88. The van der Waals surface area contributed by atoms with Crippen LogP contribution in [0.25, 0.3) is 0 Å². The van der Waals surface area contributed by atoms with Gasteiger partial charge >= 0.3 is 0 Å². The van der Waals surface area contributed by atoms with Gasteiger partial charge in [0.05, 0.1) is 21.2 Å². The first-order valence-electron chi connectivity index (χ1n) is 9.08. The van der Waals surface area contributed by atoms with E-state index in [0.29, 0.717) is 12.8 Å². The van der Waals surface area contributed by atoms with E-state index in [9.17, 15) is 17.8 Å². The maximum atomic E-state index is 11.8.